The van der Waals surface area contributed by atoms with Crippen LogP contribution in [-0.4, -0.2) is 6.54 Å². The van der Waals surface area contributed by atoms with Gasteiger partial charge in [0.1, 0.15) is 0 Å². The van der Waals surface area contributed by atoms with E-state index in [4.69, 9.17) is 0 Å². The average Bonchev–Trinajstić information content (AvgIpc) is 2.70. The molecule has 0 atom stereocenters. The number of nitrogens with one attached hydrogen (secondary N) is 1. The summed E-state index contributed by atoms with van der Waals surface area (Å²) in [5.41, 5.74) is 4.31. The van der Waals surface area contributed by atoms with E-state index in [1.165, 1.54) is 16.7 Å². The Morgan fingerprint density at radius 3 is 1.76 bits per heavy atom. The molecule has 0 bridgehead atoms. The molecule has 0 aromatic heterocycles. The third-order valence-corrected chi connectivity index (χ3v) is 3.60. The highest BCUT2D eigenvalue weighted by Crippen LogP contribution is 2.09. The molecule has 0 amide bonds. The summed E-state index contributed by atoms with van der Waals surface area (Å²) in [6, 6.07) is 19.1. The van der Waals surface area contributed by atoms with E-state index in [1.54, 1.807) is 18.4 Å². The fourth-order valence-corrected chi connectivity index (χ4v) is 2.17. The predicted octanol–water partition coefficient (Wildman–Crippen LogP) is 6.13. The van der Waals surface area contributed by atoms with Crippen molar-refractivity contribution < 1.29 is 0 Å². The minimum atomic E-state index is 0.973. The van der Waals surface area contributed by atoms with Crippen molar-refractivity contribution in [3.63, 3.8) is 0 Å². The Kier molecular flexibility index (Phi) is 14.7. The van der Waals surface area contributed by atoms with Crippen LogP contribution in [0.15, 0.2) is 92.7 Å². The van der Waals surface area contributed by atoms with Crippen molar-refractivity contribution in [1.82, 2.24) is 5.32 Å². The maximum atomic E-state index is 3.62. The summed E-state index contributed by atoms with van der Waals surface area (Å²) in [6.45, 7) is 15.7. The summed E-state index contributed by atoms with van der Waals surface area (Å²) in [4.78, 5) is 0. The zero-order valence-electron chi connectivity index (χ0n) is 15.9. The van der Waals surface area contributed by atoms with E-state index in [0.717, 1.165) is 25.8 Å². The Bertz CT molecular complexity index is 578. The summed E-state index contributed by atoms with van der Waals surface area (Å²) < 4.78 is 0. The Balaban J connectivity index is 0.000000407. The molecule has 2 aromatic carbocycles. The normalized spacial score (nSPS) is 8.72. The first-order chi connectivity index (χ1) is 12.2. The molecule has 134 valence electrons. The van der Waals surface area contributed by atoms with Gasteiger partial charge >= 0.3 is 0 Å². The van der Waals surface area contributed by atoms with E-state index in [0.29, 0.717) is 0 Å². The van der Waals surface area contributed by atoms with Crippen LogP contribution in [0.1, 0.15) is 30.5 Å². The first-order valence-electron chi connectivity index (χ1n) is 8.91. The van der Waals surface area contributed by atoms with Crippen LogP contribution in [0.5, 0.6) is 0 Å². The first-order valence-corrected chi connectivity index (χ1v) is 8.91. The smallest absolute Gasteiger partial charge is 0.0181 e. The van der Waals surface area contributed by atoms with Crippen LogP contribution < -0.4 is 5.32 Å². The zero-order valence-corrected chi connectivity index (χ0v) is 15.9. The molecule has 0 aliphatic heterocycles. The van der Waals surface area contributed by atoms with Crippen molar-refractivity contribution in [3.8, 4) is 0 Å². The largest absolute Gasteiger partial charge is 0.391 e. The van der Waals surface area contributed by atoms with Gasteiger partial charge in [-0.2, -0.15) is 0 Å². The summed E-state index contributed by atoms with van der Waals surface area (Å²) in [5.74, 6) is 0. The van der Waals surface area contributed by atoms with Gasteiger partial charge in [0.2, 0.25) is 0 Å². The second-order valence-corrected chi connectivity index (χ2v) is 5.34. The van der Waals surface area contributed by atoms with Crippen molar-refractivity contribution in [1.29, 1.82) is 0 Å². The van der Waals surface area contributed by atoms with Gasteiger partial charge in [-0.1, -0.05) is 100 Å². The van der Waals surface area contributed by atoms with Gasteiger partial charge in [0.15, 0.2) is 0 Å². The van der Waals surface area contributed by atoms with Crippen LogP contribution in [0.4, 0.5) is 0 Å². The van der Waals surface area contributed by atoms with Gasteiger partial charge in [-0.25, -0.2) is 0 Å². The van der Waals surface area contributed by atoms with Crippen LogP contribution in [-0.2, 0) is 19.3 Å². The van der Waals surface area contributed by atoms with E-state index in [-0.39, 0.29) is 0 Å². The highest BCUT2D eigenvalue weighted by molar-refractivity contribution is 5.27. The molecule has 0 heterocycles. The van der Waals surface area contributed by atoms with Gasteiger partial charge < -0.3 is 5.32 Å². The lowest BCUT2D eigenvalue weighted by atomic mass is 10.0. The first kappa shape index (κ1) is 22.5. The second-order valence-electron chi connectivity index (χ2n) is 5.34. The fourth-order valence-electron chi connectivity index (χ4n) is 2.17. The molecule has 0 aliphatic rings. The highest BCUT2D eigenvalue weighted by atomic mass is 14.8. The molecule has 2 aromatic rings. The predicted molar refractivity (Wildman–Crippen MR) is 114 cm³/mol. The lowest BCUT2D eigenvalue weighted by Crippen LogP contribution is -2.10. The highest BCUT2D eigenvalue weighted by Gasteiger charge is 1.97. The van der Waals surface area contributed by atoms with Crippen molar-refractivity contribution in [3.05, 3.63) is 109 Å². The lowest BCUT2D eigenvalue weighted by molar-refractivity contribution is 0.825. The van der Waals surface area contributed by atoms with E-state index in [2.05, 4.69) is 87.4 Å². The fraction of sp³-hybridized carbons (Fsp3) is 0.250. The third-order valence-electron chi connectivity index (χ3n) is 3.60. The number of rotatable bonds is 7. The van der Waals surface area contributed by atoms with Gasteiger partial charge in [0, 0.05) is 6.54 Å². The van der Waals surface area contributed by atoms with Gasteiger partial charge in [-0.05, 0) is 42.2 Å². The van der Waals surface area contributed by atoms with E-state index in [1.807, 2.05) is 6.07 Å². The Hall–Kier alpha value is -2.54. The SMILES string of the molecule is C=CC=C.C=CNCCc1ccccc1CC.CCc1ccccc1. The quantitative estimate of drug-likeness (QED) is 0.474. The molecular formula is C24H33N. The lowest BCUT2D eigenvalue weighted by Gasteiger charge is -2.06. The average molecular weight is 336 g/mol. The van der Waals surface area contributed by atoms with Crippen molar-refractivity contribution >= 4 is 0 Å². The summed E-state index contributed by atoms with van der Waals surface area (Å²) in [7, 11) is 0. The van der Waals surface area contributed by atoms with Crippen LogP contribution in [0, 0.1) is 0 Å². The molecular weight excluding hydrogens is 302 g/mol. The maximum Gasteiger partial charge on any atom is 0.0181 e. The Morgan fingerprint density at radius 1 is 0.760 bits per heavy atom. The second kappa shape index (κ2) is 16.3. The summed E-state index contributed by atoms with van der Waals surface area (Å²) >= 11 is 0. The van der Waals surface area contributed by atoms with Gasteiger partial charge in [0.25, 0.3) is 0 Å². The zero-order chi connectivity index (χ0) is 18.8. The van der Waals surface area contributed by atoms with E-state index < -0.39 is 0 Å². The molecule has 1 nitrogen and oxygen atoms in total. The number of hydrogen-bond donors (Lipinski definition) is 1. The van der Waals surface area contributed by atoms with Crippen molar-refractivity contribution in [2.45, 2.75) is 33.1 Å². The van der Waals surface area contributed by atoms with Crippen LogP contribution in [0.3, 0.4) is 0 Å². The molecule has 1 heteroatoms. The molecule has 0 saturated heterocycles. The molecule has 2 rings (SSSR count). The standard InChI is InChI=1S/C12H17N.C8H10.C4H6/c1-3-11-7-5-6-8-12(11)9-10-13-4-2;1-2-8-6-4-3-5-7-8;1-3-4-2/h4-8,13H,2-3,9-10H2,1H3;3-7H,2H2,1H3;3-4H,1-2H2. The van der Waals surface area contributed by atoms with Gasteiger partial charge in [-0.15, -0.1) is 0 Å². The molecule has 1 N–H and O–H groups in total. The number of benzene rings is 2. The molecule has 25 heavy (non-hydrogen) atoms. The number of aryl methyl sites for hydroxylation is 2. The van der Waals surface area contributed by atoms with Crippen LogP contribution in [0.2, 0.25) is 0 Å². The van der Waals surface area contributed by atoms with Crippen LogP contribution in [0.25, 0.3) is 0 Å². The van der Waals surface area contributed by atoms with E-state index in [9.17, 15) is 0 Å². The van der Waals surface area contributed by atoms with Crippen LogP contribution >= 0.6 is 0 Å². The topological polar surface area (TPSA) is 12.0 Å². The molecule has 0 radical (unpaired) electrons. The molecule has 0 fully saturated rings. The number of allylic oxidation sites excluding steroid dienone is 2. The number of hydrogen-bond acceptors (Lipinski definition) is 1. The van der Waals surface area contributed by atoms with Crippen molar-refractivity contribution in [2.24, 2.45) is 0 Å². The maximum absolute atomic E-state index is 3.62. The van der Waals surface area contributed by atoms with Crippen molar-refractivity contribution in [2.75, 3.05) is 6.54 Å². The van der Waals surface area contributed by atoms with Gasteiger partial charge in [-0.3, -0.25) is 0 Å². The van der Waals surface area contributed by atoms with Gasteiger partial charge in [0.05, 0.1) is 0 Å². The summed E-state index contributed by atoms with van der Waals surface area (Å²) in [5, 5.41) is 3.11. The summed E-state index contributed by atoms with van der Waals surface area (Å²) in [6.07, 6.45) is 8.36. The third kappa shape index (κ3) is 11.6. The molecule has 0 aliphatic carbocycles. The molecule has 0 saturated carbocycles. The molecule has 0 spiro atoms. The minimum absolute atomic E-state index is 0.973. The Morgan fingerprint density at radius 2 is 1.32 bits per heavy atom. The minimum Gasteiger partial charge on any atom is -0.391 e. The molecule has 0 unspecified atom stereocenters. The monoisotopic (exact) mass is 335 g/mol. The van der Waals surface area contributed by atoms with E-state index >= 15 is 0 Å². The Labute approximate surface area is 154 Å².